The largest absolute Gasteiger partial charge is 0.350 e. The molecular weight excluding hydrogens is 274 g/mol. The topological polar surface area (TPSA) is 79.9 Å². The van der Waals surface area contributed by atoms with E-state index in [2.05, 4.69) is 15.5 Å². The van der Waals surface area contributed by atoms with E-state index in [0.29, 0.717) is 25.7 Å². The van der Waals surface area contributed by atoms with Gasteiger partial charge in [0.15, 0.2) is 6.29 Å². The molecule has 0 unspecified atom stereocenters. The van der Waals surface area contributed by atoms with Crippen LogP contribution in [0.4, 0.5) is 4.79 Å². The molecule has 21 heavy (non-hydrogen) atoms. The van der Waals surface area contributed by atoms with Crippen molar-refractivity contribution in [3.05, 3.63) is 0 Å². The predicted molar refractivity (Wildman–Crippen MR) is 76.7 cm³/mol. The lowest BCUT2D eigenvalue weighted by Crippen LogP contribution is -2.53. The van der Waals surface area contributed by atoms with E-state index < -0.39 is 6.03 Å². The van der Waals surface area contributed by atoms with Gasteiger partial charge in [-0.25, -0.2) is 4.79 Å². The first kappa shape index (κ1) is 16.2. The normalized spacial score (nSPS) is 25.5. The molecule has 2 heterocycles. The number of likely N-dealkylation sites (tertiary alicyclic amines) is 1. The lowest BCUT2D eigenvalue weighted by molar-refractivity contribution is -0.129. The van der Waals surface area contributed by atoms with Gasteiger partial charge in [-0.1, -0.05) is 0 Å². The fraction of sp³-hybridized carbons (Fsp3) is 0.857. The number of piperidine rings is 1. The first-order valence-electron chi connectivity index (χ1n) is 7.67. The molecule has 2 aliphatic rings. The van der Waals surface area contributed by atoms with Gasteiger partial charge in [0.25, 0.3) is 0 Å². The van der Waals surface area contributed by atoms with E-state index in [0.717, 1.165) is 25.9 Å². The molecule has 2 aliphatic heterocycles. The maximum Gasteiger partial charge on any atom is 0.321 e. The Balaban J connectivity index is 1.84. The Labute approximate surface area is 125 Å². The highest BCUT2D eigenvalue weighted by Gasteiger charge is 2.34. The van der Waals surface area contributed by atoms with Gasteiger partial charge in [-0.05, 0) is 33.2 Å². The minimum absolute atomic E-state index is 0.147. The van der Waals surface area contributed by atoms with Crippen molar-refractivity contribution in [2.45, 2.75) is 39.0 Å². The zero-order chi connectivity index (χ0) is 15.2. The van der Waals surface area contributed by atoms with E-state index in [1.807, 2.05) is 13.8 Å². The molecule has 0 radical (unpaired) electrons. The van der Waals surface area contributed by atoms with Crippen molar-refractivity contribution in [2.24, 2.45) is 5.92 Å². The molecule has 0 aromatic heterocycles. The number of nitrogens with one attached hydrogen (secondary N) is 2. The van der Waals surface area contributed by atoms with E-state index in [4.69, 9.17) is 9.47 Å². The van der Waals surface area contributed by atoms with E-state index >= 15 is 0 Å². The van der Waals surface area contributed by atoms with Crippen molar-refractivity contribution in [3.8, 4) is 0 Å². The Hall–Kier alpha value is -1.18. The van der Waals surface area contributed by atoms with Crippen molar-refractivity contribution in [2.75, 3.05) is 32.8 Å². The van der Waals surface area contributed by atoms with Crippen LogP contribution in [0.5, 0.6) is 0 Å². The zero-order valence-electron chi connectivity index (χ0n) is 12.8. The summed E-state index contributed by atoms with van der Waals surface area (Å²) in [6.07, 6.45) is 1.91. The zero-order valence-corrected chi connectivity index (χ0v) is 12.8. The van der Waals surface area contributed by atoms with E-state index in [9.17, 15) is 9.59 Å². The third-order valence-corrected chi connectivity index (χ3v) is 4.02. The molecule has 7 nitrogen and oxygen atoms in total. The summed E-state index contributed by atoms with van der Waals surface area (Å²) in [5.41, 5.74) is 0. The van der Waals surface area contributed by atoms with Crippen molar-refractivity contribution in [1.29, 1.82) is 0 Å². The molecule has 2 saturated heterocycles. The van der Waals surface area contributed by atoms with Crippen molar-refractivity contribution in [3.63, 3.8) is 0 Å². The summed E-state index contributed by atoms with van der Waals surface area (Å²) in [6.45, 7) is 7.04. The minimum Gasteiger partial charge on any atom is -0.350 e. The van der Waals surface area contributed by atoms with Gasteiger partial charge in [-0.3, -0.25) is 15.0 Å². The summed E-state index contributed by atoms with van der Waals surface area (Å²) in [4.78, 5) is 25.6. The number of imide groups is 1. The summed E-state index contributed by atoms with van der Waals surface area (Å²) in [5.74, 6) is 0.0239. The van der Waals surface area contributed by atoms with Crippen LogP contribution >= 0.6 is 0 Å². The predicted octanol–water partition coefficient (Wildman–Crippen LogP) is 0.306. The Morgan fingerprint density at radius 3 is 2.71 bits per heavy atom. The monoisotopic (exact) mass is 299 g/mol. The quantitative estimate of drug-likeness (QED) is 0.781. The molecule has 0 spiro atoms. The first-order chi connectivity index (χ1) is 10.1. The average Bonchev–Trinajstić information content (AvgIpc) is 3.01. The number of urea groups is 1. The SMILES string of the molecule is CCNC(=O)NC(=O)[C@@H](C)N1CCC[C@@H](C2OCCO2)C1. The minimum atomic E-state index is -0.439. The molecule has 0 bridgehead atoms. The summed E-state index contributed by atoms with van der Waals surface area (Å²) < 4.78 is 11.1. The molecule has 2 fully saturated rings. The highest BCUT2D eigenvalue weighted by molar-refractivity contribution is 5.96. The molecule has 120 valence electrons. The second-order valence-corrected chi connectivity index (χ2v) is 5.53. The number of ether oxygens (including phenoxy) is 2. The Morgan fingerprint density at radius 2 is 2.05 bits per heavy atom. The Bertz CT molecular complexity index is 371. The van der Waals surface area contributed by atoms with Crippen LogP contribution in [0.15, 0.2) is 0 Å². The van der Waals surface area contributed by atoms with Gasteiger partial charge in [0.2, 0.25) is 5.91 Å². The molecule has 7 heteroatoms. The van der Waals surface area contributed by atoms with E-state index in [1.165, 1.54) is 0 Å². The Kier molecular flexibility index (Phi) is 5.96. The number of hydrogen-bond donors (Lipinski definition) is 2. The molecule has 2 atom stereocenters. The van der Waals surface area contributed by atoms with E-state index in [-0.39, 0.29) is 18.2 Å². The summed E-state index contributed by atoms with van der Waals surface area (Å²) in [7, 11) is 0. The third-order valence-electron chi connectivity index (χ3n) is 4.02. The number of carbonyl (C=O) groups excluding carboxylic acids is 2. The number of rotatable bonds is 4. The molecule has 2 N–H and O–H groups in total. The van der Waals surface area contributed by atoms with Gasteiger partial charge in [0.05, 0.1) is 19.3 Å². The Morgan fingerprint density at radius 1 is 1.33 bits per heavy atom. The molecule has 0 aromatic carbocycles. The fourth-order valence-electron chi connectivity index (χ4n) is 2.85. The highest BCUT2D eigenvalue weighted by Crippen LogP contribution is 2.25. The smallest absolute Gasteiger partial charge is 0.321 e. The molecule has 0 saturated carbocycles. The lowest BCUT2D eigenvalue weighted by Gasteiger charge is -2.37. The number of amides is 3. The number of hydrogen-bond acceptors (Lipinski definition) is 5. The lowest BCUT2D eigenvalue weighted by atomic mass is 9.96. The van der Waals surface area contributed by atoms with Gasteiger partial charge in [-0.15, -0.1) is 0 Å². The van der Waals surface area contributed by atoms with Crippen LogP contribution in [0.2, 0.25) is 0 Å². The van der Waals surface area contributed by atoms with Crippen molar-refractivity contribution in [1.82, 2.24) is 15.5 Å². The standard InChI is InChI=1S/C14H25N3O4/c1-3-15-14(19)16-12(18)10(2)17-6-4-5-11(9-17)13-20-7-8-21-13/h10-11,13H,3-9H2,1-2H3,(H2,15,16,18,19)/t10-,11-/m1/s1. The average molecular weight is 299 g/mol. The van der Waals surface area contributed by atoms with Gasteiger partial charge in [0.1, 0.15) is 0 Å². The molecular formula is C14H25N3O4. The second kappa shape index (κ2) is 7.72. The number of carbonyl (C=O) groups is 2. The molecule has 0 aromatic rings. The van der Waals surface area contributed by atoms with Crippen LogP contribution < -0.4 is 10.6 Å². The fourth-order valence-corrected chi connectivity index (χ4v) is 2.85. The highest BCUT2D eigenvalue weighted by atomic mass is 16.7. The van der Waals surface area contributed by atoms with Crippen molar-refractivity contribution < 1.29 is 19.1 Å². The molecule has 3 amide bonds. The van der Waals surface area contributed by atoms with Crippen LogP contribution in [0.3, 0.4) is 0 Å². The van der Waals surface area contributed by atoms with Crippen LogP contribution in [0, 0.1) is 5.92 Å². The third kappa shape index (κ3) is 4.39. The van der Waals surface area contributed by atoms with E-state index in [1.54, 1.807) is 0 Å². The number of nitrogens with zero attached hydrogens (tertiary/aromatic N) is 1. The maximum atomic E-state index is 12.1. The van der Waals surface area contributed by atoms with Crippen LogP contribution in [-0.4, -0.2) is 62.0 Å². The summed E-state index contributed by atoms with van der Waals surface area (Å²) >= 11 is 0. The van der Waals surface area contributed by atoms with Crippen LogP contribution in [-0.2, 0) is 14.3 Å². The summed E-state index contributed by atoms with van der Waals surface area (Å²) in [6, 6.07) is -0.776. The summed E-state index contributed by atoms with van der Waals surface area (Å²) in [5, 5.41) is 4.93. The first-order valence-corrected chi connectivity index (χ1v) is 7.67. The van der Waals surface area contributed by atoms with Gasteiger partial charge in [-0.2, -0.15) is 0 Å². The molecule has 0 aliphatic carbocycles. The molecule has 2 rings (SSSR count). The van der Waals surface area contributed by atoms with Gasteiger partial charge in [0, 0.05) is 19.0 Å². The van der Waals surface area contributed by atoms with Crippen LogP contribution in [0.1, 0.15) is 26.7 Å². The van der Waals surface area contributed by atoms with Gasteiger partial charge < -0.3 is 14.8 Å². The maximum absolute atomic E-state index is 12.1. The van der Waals surface area contributed by atoms with Crippen LogP contribution in [0.25, 0.3) is 0 Å². The second-order valence-electron chi connectivity index (χ2n) is 5.53. The van der Waals surface area contributed by atoms with Crippen molar-refractivity contribution >= 4 is 11.9 Å². The van der Waals surface area contributed by atoms with Gasteiger partial charge >= 0.3 is 6.03 Å².